The van der Waals surface area contributed by atoms with Gasteiger partial charge in [-0.05, 0) is 30.3 Å². The molecule has 0 aliphatic rings. The highest BCUT2D eigenvalue weighted by Crippen LogP contribution is 2.14. The number of aromatic carboxylic acids is 1. The summed E-state index contributed by atoms with van der Waals surface area (Å²) in [5.41, 5.74) is 0.613. The molecule has 0 fully saturated rings. The minimum Gasteiger partial charge on any atom is -0.477 e. The molecule has 5 nitrogen and oxygen atoms in total. The average molecular weight is 277 g/mol. The van der Waals surface area contributed by atoms with Crippen LogP contribution in [0.25, 0.3) is 0 Å². The van der Waals surface area contributed by atoms with Gasteiger partial charge in [-0.3, -0.25) is 4.79 Å². The summed E-state index contributed by atoms with van der Waals surface area (Å²) >= 11 is 5.79. The molecule has 2 aromatic rings. The number of carbonyl (C=O) groups is 2. The predicted octanol–water partition coefficient (Wildman–Crippen LogP) is 2.69. The Bertz CT molecular complexity index is 643. The third-order valence-electron chi connectivity index (χ3n) is 2.32. The number of aromatic nitrogens is 1. The van der Waals surface area contributed by atoms with E-state index in [-0.39, 0.29) is 11.6 Å². The first kappa shape index (κ1) is 13.0. The number of rotatable bonds is 3. The van der Waals surface area contributed by atoms with Crippen LogP contribution in [0.1, 0.15) is 20.8 Å². The van der Waals surface area contributed by atoms with Gasteiger partial charge in [-0.1, -0.05) is 17.7 Å². The normalized spacial score (nSPS) is 9.95. The van der Waals surface area contributed by atoms with Crippen LogP contribution < -0.4 is 5.32 Å². The minimum absolute atomic E-state index is 0.135. The lowest BCUT2D eigenvalue weighted by atomic mass is 10.2. The number of halogens is 1. The van der Waals surface area contributed by atoms with Crippen LogP contribution in [0.4, 0.5) is 5.69 Å². The quantitative estimate of drug-likeness (QED) is 0.903. The van der Waals surface area contributed by atoms with Gasteiger partial charge in [0.1, 0.15) is 5.69 Å². The summed E-state index contributed by atoms with van der Waals surface area (Å²) in [5.74, 6) is -1.52. The maximum Gasteiger partial charge on any atom is 0.354 e. The number of carbonyl (C=O) groups excluding carboxylic acids is 1. The first-order chi connectivity index (χ1) is 9.06. The Morgan fingerprint density at radius 3 is 2.68 bits per heavy atom. The molecule has 1 aromatic heterocycles. The molecular weight excluding hydrogens is 268 g/mol. The molecule has 19 heavy (non-hydrogen) atoms. The van der Waals surface area contributed by atoms with E-state index in [2.05, 4.69) is 10.3 Å². The third kappa shape index (κ3) is 3.29. The van der Waals surface area contributed by atoms with E-state index in [1.165, 1.54) is 24.4 Å². The number of amides is 1. The molecule has 2 rings (SSSR count). The number of carboxylic acids is 1. The molecule has 1 heterocycles. The van der Waals surface area contributed by atoms with Gasteiger partial charge in [0.25, 0.3) is 5.91 Å². The fourth-order valence-electron chi connectivity index (χ4n) is 1.46. The van der Waals surface area contributed by atoms with Gasteiger partial charge in [-0.15, -0.1) is 0 Å². The zero-order valence-electron chi connectivity index (χ0n) is 9.63. The first-order valence-electron chi connectivity index (χ1n) is 5.32. The molecule has 1 amide bonds. The molecule has 0 atom stereocenters. The van der Waals surface area contributed by atoms with Gasteiger partial charge in [0.05, 0.1) is 0 Å². The summed E-state index contributed by atoms with van der Waals surface area (Å²) in [5, 5.41) is 11.8. The Hall–Kier alpha value is -2.40. The molecule has 0 spiro atoms. The first-order valence-corrected chi connectivity index (χ1v) is 5.70. The number of nitrogens with zero attached hydrogens (tertiary/aromatic N) is 1. The van der Waals surface area contributed by atoms with Crippen molar-refractivity contribution >= 4 is 29.2 Å². The predicted molar refractivity (Wildman–Crippen MR) is 70.6 cm³/mol. The van der Waals surface area contributed by atoms with E-state index in [9.17, 15) is 9.59 Å². The van der Waals surface area contributed by atoms with Crippen LogP contribution in [0.15, 0.2) is 42.6 Å². The summed E-state index contributed by atoms with van der Waals surface area (Å²) < 4.78 is 0. The topological polar surface area (TPSA) is 79.3 Å². The van der Waals surface area contributed by atoms with E-state index in [0.29, 0.717) is 16.3 Å². The van der Waals surface area contributed by atoms with Crippen LogP contribution in [0, 0.1) is 0 Å². The van der Waals surface area contributed by atoms with E-state index >= 15 is 0 Å². The van der Waals surface area contributed by atoms with E-state index < -0.39 is 5.97 Å². The van der Waals surface area contributed by atoms with Gasteiger partial charge in [0, 0.05) is 22.5 Å². The van der Waals surface area contributed by atoms with Crippen LogP contribution in [0.5, 0.6) is 0 Å². The van der Waals surface area contributed by atoms with Crippen molar-refractivity contribution in [1.82, 2.24) is 4.98 Å². The number of hydrogen-bond acceptors (Lipinski definition) is 3. The maximum absolute atomic E-state index is 11.9. The Kier molecular flexibility index (Phi) is 3.77. The highest BCUT2D eigenvalue weighted by Gasteiger charge is 2.09. The number of pyridine rings is 1. The SMILES string of the molecule is O=C(Nc1ccnc(C(=O)O)c1)c1cccc(Cl)c1. The van der Waals surface area contributed by atoms with Crippen LogP contribution in [0.2, 0.25) is 5.02 Å². The average Bonchev–Trinajstić information content (AvgIpc) is 2.39. The Morgan fingerprint density at radius 2 is 2.00 bits per heavy atom. The lowest BCUT2D eigenvalue weighted by Crippen LogP contribution is -2.12. The van der Waals surface area contributed by atoms with Gasteiger partial charge in [-0.25, -0.2) is 9.78 Å². The lowest BCUT2D eigenvalue weighted by Gasteiger charge is -2.05. The molecule has 0 saturated carbocycles. The van der Waals surface area contributed by atoms with Crippen molar-refractivity contribution < 1.29 is 14.7 Å². The fourth-order valence-corrected chi connectivity index (χ4v) is 1.65. The van der Waals surface area contributed by atoms with Crippen molar-refractivity contribution in [2.75, 3.05) is 5.32 Å². The highest BCUT2D eigenvalue weighted by atomic mass is 35.5. The molecule has 0 aliphatic carbocycles. The van der Waals surface area contributed by atoms with Gasteiger partial charge in [0.2, 0.25) is 0 Å². The number of hydrogen-bond donors (Lipinski definition) is 2. The second-order valence-corrected chi connectivity index (χ2v) is 4.14. The molecule has 96 valence electrons. The smallest absolute Gasteiger partial charge is 0.354 e. The lowest BCUT2D eigenvalue weighted by molar-refractivity contribution is 0.0690. The Labute approximate surface area is 113 Å². The Morgan fingerprint density at radius 1 is 1.21 bits per heavy atom. The minimum atomic E-state index is -1.15. The molecule has 0 radical (unpaired) electrons. The fraction of sp³-hybridized carbons (Fsp3) is 0. The van der Waals surface area contributed by atoms with Crippen molar-refractivity contribution in [2.45, 2.75) is 0 Å². The van der Waals surface area contributed by atoms with Crippen LogP contribution >= 0.6 is 11.6 Å². The van der Waals surface area contributed by atoms with E-state index in [0.717, 1.165) is 0 Å². The number of nitrogens with one attached hydrogen (secondary N) is 1. The zero-order valence-corrected chi connectivity index (χ0v) is 10.4. The summed E-state index contributed by atoms with van der Waals surface area (Å²) in [4.78, 5) is 26.3. The van der Waals surface area contributed by atoms with Crippen molar-refractivity contribution in [3.63, 3.8) is 0 Å². The van der Waals surface area contributed by atoms with E-state index in [1.54, 1.807) is 18.2 Å². The Balaban J connectivity index is 2.19. The summed E-state index contributed by atoms with van der Waals surface area (Å²) in [6, 6.07) is 9.25. The highest BCUT2D eigenvalue weighted by molar-refractivity contribution is 6.31. The largest absolute Gasteiger partial charge is 0.477 e. The summed E-state index contributed by atoms with van der Waals surface area (Å²) in [6.07, 6.45) is 1.32. The monoisotopic (exact) mass is 276 g/mol. The number of benzene rings is 1. The van der Waals surface area contributed by atoms with Gasteiger partial charge >= 0.3 is 5.97 Å². The van der Waals surface area contributed by atoms with Crippen LogP contribution in [-0.2, 0) is 0 Å². The van der Waals surface area contributed by atoms with E-state index in [4.69, 9.17) is 16.7 Å². The van der Waals surface area contributed by atoms with Gasteiger partial charge < -0.3 is 10.4 Å². The molecule has 0 unspecified atom stereocenters. The maximum atomic E-state index is 11.9. The molecule has 0 bridgehead atoms. The molecule has 0 aliphatic heterocycles. The molecule has 2 N–H and O–H groups in total. The standard InChI is InChI=1S/C13H9ClN2O3/c14-9-3-1-2-8(6-9)12(17)16-10-4-5-15-11(7-10)13(18)19/h1-7H,(H,18,19)(H,15,16,17). The summed E-state index contributed by atoms with van der Waals surface area (Å²) in [6.45, 7) is 0. The zero-order chi connectivity index (χ0) is 13.8. The molecule has 0 saturated heterocycles. The van der Waals surface area contributed by atoms with Crippen LogP contribution in [0.3, 0.4) is 0 Å². The van der Waals surface area contributed by atoms with Crippen molar-refractivity contribution in [1.29, 1.82) is 0 Å². The molecular formula is C13H9ClN2O3. The van der Waals surface area contributed by atoms with Crippen molar-refractivity contribution in [2.24, 2.45) is 0 Å². The number of anilines is 1. The number of carboxylic acid groups (broad SMARTS) is 1. The summed E-state index contributed by atoms with van der Waals surface area (Å²) in [7, 11) is 0. The van der Waals surface area contributed by atoms with Crippen molar-refractivity contribution in [3.8, 4) is 0 Å². The third-order valence-corrected chi connectivity index (χ3v) is 2.56. The molecule has 1 aromatic carbocycles. The van der Waals surface area contributed by atoms with Crippen molar-refractivity contribution in [3.05, 3.63) is 58.9 Å². The van der Waals surface area contributed by atoms with E-state index in [1.807, 2.05) is 0 Å². The molecule has 6 heteroatoms. The second kappa shape index (κ2) is 5.49. The van der Waals surface area contributed by atoms with Crippen LogP contribution in [-0.4, -0.2) is 22.0 Å². The van der Waals surface area contributed by atoms with Gasteiger partial charge in [-0.2, -0.15) is 0 Å². The van der Waals surface area contributed by atoms with Gasteiger partial charge in [0.15, 0.2) is 0 Å². The second-order valence-electron chi connectivity index (χ2n) is 3.70.